The lowest BCUT2D eigenvalue weighted by Gasteiger charge is -2.30. The lowest BCUT2D eigenvalue weighted by molar-refractivity contribution is -0.190. The molecule has 0 spiro atoms. The van der Waals surface area contributed by atoms with Gasteiger partial charge in [-0.15, -0.1) is 0 Å². The van der Waals surface area contributed by atoms with Crippen LogP contribution < -0.4 is 4.74 Å². The molecule has 0 atom stereocenters. The second kappa shape index (κ2) is 17.6. The van der Waals surface area contributed by atoms with Gasteiger partial charge in [-0.3, -0.25) is 0 Å². The largest absolute Gasteiger partial charge is 0.490 e. The van der Waals surface area contributed by atoms with Gasteiger partial charge in [0.05, 0.1) is 33.0 Å². The van der Waals surface area contributed by atoms with E-state index in [9.17, 15) is 18.4 Å². The molecule has 1 aromatic carbocycles. The molecule has 9 heteroatoms. The van der Waals surface area contributed by atoms with Crippen molar-refractivity contribution in [2.24, 2.45) is 0 Å². The van der Waals surface area contributed by atoms with Gasteiger partial charge in [0.2, 0.25) is 5.82 Å². The van der Waals surface area contributed by atoms with Gasteiger partial charge in [0.15, 0.2) is 17.9 Å². The van der Waals surface area contributed by atoms with E-state index < -0.39 is 29.5 Å². The molecule has 1 saturated heterocycles. The van der Waals surface area contributed by atoms with Crippen molar-refractivity contribution in [3.05, 3.63) is 54.6 Å². The third kappa shape index (κ3) is 11.4. The summed E-state index contributed by atoms with van der Waals surface area (Å²) in [4.78, 5) is 21.9. The molecule has 2 rings (SSSR count). The van der Waals surface area contributed by atoms with Crippen LogP contribution in [0.4, 0.5) is 8.78 Å². The number of carbonyl (C=O) groups excluding carboxylic acids is 2. The van der Waals surface area contributed by atoms with Gasteiger partial charge in [-0.2, -0.15) is 4.39 Å². The van der Waals surface area contributed by atoms with E-state index >= 15 is 0 Å². The van der Waals surface area contributed by atoms with E-state index in [0.717, 1.165) is 57.1 Å². The van der Waals surface area contributed by atoms with Crippen LogP contribution in [-0.2, 0) is 28.5 Å². The summed E-state index contributed by atoms with van der Waals surface area (Å²) in [5, 5.41) is 0. The van der Waals surface area contributed by atoms with Crippen molar-refractivity contribution in [1.29, 1.82) is 0 Å². The van der Waals surface area contributed by atoms with E-state index in [0.29, 0.717) is 26.1 Å². The van der Waals surface area contributed by atoms with Crippen LogP contribution in [0.5, 0.6) is 5.75 Å². The van der Waals surface area contributed by atoms with E-state index in [4.69, 9.17) is 23.7 Å². The minimum absolute atomic E-state index is 0.115. The third-order valence-corrected chi connectivity index (χ3v) is 5.94. The Hall–Kier alpha value is -2.78. The van der Waals surface area contributed by atoms with Gasteiger partial charge in [-0.1, -0.05) is 32.1 Å². The van der Waals surface area contributed by atoms with E-state index in [1.165, 1.54) is 12.1 Å². The minimum Gasteiger partial charge on any atom is -0.490 e. The number of hydrogen-bond acceptors (Lipinski definition) is 7. The number of carbonyl (C=O) groups is 2. The minimum atomic E-state index is -1.00. The van der Waals surface area contributed by atoms with Crippen LogP contribution >= 0.6 is 0 Å². The van der Waals surface area contributed by atoms with E-state index in [1.54, 1.807) is 0 Å². The van der Waals surface area contributed by atoms with Crippen molar-refractivity contribution < 1.29 is 42.1 Å². The Bertz CT molecular complexity index is 866. The summed E-state index contributed by atoms with van der Waals surface area (Å²) in [6, 6.07) is 2.97. The smallest absolute Gasteiger partial charge is 0.330 e. The Morgan fingerprint density at radius 2 is 1.35 bits per heavy atom. The monoisotopic (exact) mass is 524 g/mol. The predicted molar refractivity (Wildman–Crippen MR) is 134 cm³/mol. The molecule has 7 nitrogen and oxygen atoms in total. The van der Waals surface area contributed by atoms with Crippen molar-refractivity contribution in [1.82, 2.24) is 0 Å². The van der Waals surface area contributed by atoms with Gasteiger partial charge in [-0.25, -0.2) is 14.0 Å². The first-order valence-electron chi connectivity index (χ1n) is 12.9. The summed E-state index contributed by atoms with van der Waals surface area (Å²) in [7, 11) is 0. The highest BCUT2D eigenvalue weighted by Gasteiger charge is 2.27. The zero-order chi connectivity index (χ0) is 26.9. The van der Waals surface area contributed by atoms with Crippen molar-refractivity contribution >= 4 is 11.9 Å². The number of ether oxygens (including phenoxy) is 5. The number of hydrogen-bond donors (Lipinski definition) is 0. The quantitative estimate of drug-likeness (QED) is 0.137. The fourth-order valence-electron chi connectivity index (χ4n) is 3.83. The molecule has 1 heterocycles. The van der Waals surface area contributed by atoms with E-state index in [2.05, 4.69) is 13.2 Å². The average molecular weight is 525 g/mol. The highest BCUT2D eigenvalue weighted by atomic mass is 19.2. The number of esters is 2. The Balaban J connectivity index is 1.62. The lowest BCUT2D eigenvalue weighted by atomic mass is 9.99. The van der Waals surface area contributed by atoms with E-state index in [-0.39, 0.29) is 37.4 Å². The summed E-state index contributed by atoms with van der Waals surface area (Å²) >= 11 is 0. The third-order valence-electron chi connectivity index (χ3n) is 5.94. The maximum Gasteiger partial charge on any atom is 0.330 e. The molecule has 0 N–H and O–H groups in total. The first-order chi connectivity index (χ1) is 18.0. The topological polar surface area (TPSA) is 80.3 Å². The van der Waals surface area contributed by atoms with Crippen LogP contribution in [0.3, 0.4) is 0 Å². The Morgan fingerprint density at radius 1 is 0.811 bits per heavy atom. The Labute approximate surface area is 217 Å². The fraction of sp³-hybridized carbons (Fsp3) is 0.571. The second-order valence-corrected chi connectivity index (χ2v) is 8.78. The lowest BCUT2D eigenvalue weighted by Crippen LogP contribution is -2.31. The number of rotatable bonds is 18. The number of unbranched alkanes of at least 4 members (excludes halogenated alkanes) is 6. The molecule has 0 radical (unpaired) electrons. The zero-order valence-electron chi connectivity index (χ0n) is 21.4. The molecule has 0 bridgehead atoms. The molecule has 0 aliphatic carbocycles. The zero-order valence-corrected chi connectivity index (χ0v) is 21.4. The molecule has 1 aliphatic heterocycles. The van der Waals surface area contributed by atoms with Gasteiger partial charge in [0, 0.05) is 18.1 Å². The maximum absolute atomic E-state index is 14.7. The highest BCUT2D eigenvalue weighted by molar-refractivity contribution is 5.81. The molecule has 0 aromatic heterocycles. The molecular formula is C28H38F2O7. The molecule has 1 fully saturated rings. The maximum atomic E-state index is 14.7. The summed E-state index contributed by atoms with van der Waals surface area (Å²) in [6.07, 6.45) is 9.21. The fourth-order valence-corrected chi connectivity index (χ4v) is 3.83. The molecule has 0 saturated carbocycles. The number of halogens is 2. The summed E-state index contributed by atoms with van der Waals surface area (Å²) in [5.41, 5.74) is 0.214. The van der Waals surface area contributed by atoms with Crippen LogP contribution in [0.1, 0.15) is 69.3 Å². The van der Waals surface area contributed by atoms with Crippen molar-refractivity contribution in [3.8, 4) is 5.75 Å². The molecule has 206 valence electrons. The van der Waals surface area contributed by atoms with Crippen LogP contribution in [-0.4, -0.2) is 51.3 Å². The number of benzene rings is 1. The molecule has 1 aliphatic rings. The van der Waals surface area contributed by atoms with Gasteiger partial charge in [0.1, 0.15) is 0 Å². The average Bonchev–Trinajstić information content (AvgIpc) is 2.92. The molecular weight excluding hydrogens is 486 g/mol. The highest BCUT2D eigenvalue weighted by Crippen LogP contribution is 2.31. The van der Waals surface area contributed by atoms with Gasteiger partial charge in [-0.05, 0) is 56.6 Å². The second-order valence-electron chi connectivity index (χ2n) is 8.78. The van der Waals surface area contributed by atoms with Crippen LogP contribution in [0.15, 0.2) is 37.4 Å². The normalized spacial score (nSPS) is 17.1. The molecule has 37 heavy (non-hydrogen) atoms. The molecule has 1 aromatic rings. The van der Waals surface area contributed by atoms with Crippen LogP contribution in [0.2, 0.25) is 0 Å². The van der Waals surface area contributed by atoms with Gasteiger partial charge < -0.3 is 23.7 Å². The Morgan fingerprint density at radius 3 is 1.92 bits per heavy atom. The first-order valence-corrected chi connectivity index (χ1v) is 12.9. The first kappa shape index (κ1) is 30.4. The Kier molecular flexibility index (Phi) is 14.5. The predicted octanol–water partition coefficient (Wildman–Crippen LogP) is 5.77. The van der Waals surface area contributed by atoms with Crippen molar-refractivity contribution in [2.75, 3.05) is 33.0 Å². The standard InChI is InChI=1S/C28H38F2O7/c1-3-24(31)34-17-11-6-5-9-13-26-36-19-21(20-37-26)22-14-15-23(28(30)27(22)29)33-16-10-7-8-12-18-35-25(32)4-2/h3-4,14-15,21,26H,1-2,5-13,16-20H2. The summed E-state index contributed by atoms with van der Waals surface area (Å²) in [6.45, 7) is 8.15. The molecule has 0 amide bonds. The summed E-state index contributed by atoms with van der Waals surface area (Å²) < 4.78 is 56.0. The SMILES string of the molecule is C=CC(=O)OCCCCCCOc1ccc(C2COC(CCCCCCOC(=O)C=C)OC2)c(F)c1F. The summed E-state index contributed by atoms with van der Waals surface area (Å²) in [5.74, 6) is -3.30. The van der Waals surface area contributed by atoms with Crippen LogP contribution in [0, 0.1) is 11.6 Å². The van der Waals surface area contributed by atoms with Gasteiger partial charge >= 0.3 is 11.9 Å². The van der Waals surface area contributed by atoms with Crippen LogP contribution in [0.25, 0.3) is 0 Å². The van der Waals surface area contributed by atoms with E-state index in [1.807, 2.05) is 0 Å². The van der Waals surface area contributed by atoms with Crippen molar-refractivity contribution in [2.45, 2.75) is 70.0 Å². The van der Waals surface area contributed by atoms with Gasteiger partial charge in [0.25, 0.3) is 0 Å². The van der Waals surface area contributed by atoms with Crippen molar-refractivity contribution in [3.63, 3.8) is 0 Å². The molecule has 0 unspecified atom stereocenters.